The first kappa shape index (κ1) is 17.5. The van der Waals surface area contributed by atoms with Gasteiger partial charge in [0.25, 0.3) is 0 Å². The predicted octanol–water partition coefficient (Wildman–Crippen LogP) is 1.84. The molecule has 0 aliphatic carbocycles. The van der Waals surface area contributed by atoms with Gasteiger partial charge in [-0.2, -0.15) is 0 Å². The van der Waals surface area contributed by atoms with E-state index in [1.54, 1.807) is 7.05 Å². The van der Waals surface area contributed by atoms with E-state index in [1.165, 1.54) is 24.3 Å². The van der Waals surface area contributed by atoms with Crippen LogP contribution in [0.4, 0.5) is 13.2 Å². The third-order valence-electron chi connectivity index (χ3n) is 1.98. The lowest BCUT2D eigenvalue weighted by Crippen LogP contribution is -2.31. The summed E-state index contributed by atoms with van der Waals surface area (Å²) in [7, 11) is 1.64. The minimum absolute atomic E-state index is 0. The molecule has 1 rings (SSSR count). The fourth-order valence-corrected chi connectivity index (χ4v) is 1.23. The zero-order valence-corrected chi connectivity index (χ0v) is 10.9. The van der Waals surface area contributed by atoms with Crippen LogP contribution in [0.1, 0.15) is 5.56 Å². The van der Waals surface area contributed by atoms with E-state index in [2.05, 4.69) is 15.4 Å². The molecular weight excluding hydrogens is 285 g/mol. The second kappa shape index (κ2) is 7.85. The Labute approximate surface area is 114 Å². The summed E-state index contributed by atoms with van der Waals surface area (Å²) in [6.07, 6.45) is -4.69. The summed E-state index contributed by atoms with van der Waals surface area (Å²) in [5.74, 6) is -0.471. The Morgan fingerprint density at radius 3 is 2.32 bits per heavy atom. The van der Waals surface area contributed by atoms with Gasteiger partial charge in [0.15, 0.2) is 0 Å². The van der Waals surface area contributed by atoms with Crippen molar-refractivity contribution in [1.29, 1.82) is 0 Å². The van der Waals surface area contributed by atoms with E-state index < -0.39 is 6.36 Å². The van der Waals surface area contributed by atoms with Gasteiger partial charge in [-0.15, -0.1) is 25.6 Å². The molecule has 1 aromatic carbocycles. The van der Waals surface area contributed by atoms with E-state index in [9.17, 15) is 18.0 Å². The summed E-state index contributed by atoms with van der Waals surface area (Å²) in [5.41, 5.74) is 0.689. The molecule has 1 aromatic rings. The van der Waals surface area contributed by atoms with Crippen LogP contribution in [0.2, 0.25) is 0 Å². The quantitative estimate of drug-likeness (QED) is 0.872. The number of nitrogens with one attached hydrogen (secondary N) is 2. The Hall–Kier alpha value is -1.47. The van der Waals surface area contributed by atoms with Gasteiger partial charge in [0.2, 0.25) is 5.91 Å². The second-order valence-electron chi connectivity index (χ2n) is 3.50. The van der Waals surface area contributed by atoms with Crippen LogP contribution in [0.3, 0.4) is 0 Å². The Kier molecular flexibility index (Phi) is 7.25. The molecule has 0 radical (unpaired) electrons. The van der Waals surface area contributed by atoms with Crippen molar-refractivity contribution in [1.82, 2.24) is 10.6 Å². The number of alkyl halides is 3. The van der Waals surface area contributed by atoms with Gasteiger partial charge >= 0.3 is 6.36 Å². The monoisotopic (exact) mass is 298 g/mol. The lowest BCUT2D eigenvalue weighted by atomic mass is 10.2. The van der Waals surface area contributed by atoms with E-state index in [1.807, 2.05) is 0 Å². The molecule has 0 saturated heterocycles. The lowest BCUT2D eigenvalue weighted by Gasteiger charge is -2.09. The van der Waals surface area contributed by atoms with E-state index in [-0.39, 0.29) is 37.2 Å². The molecule has 1 amide bonds. The Morgan fingerprint density at radius 1 is 1.26 bits per heavy atom. The normalized spacial score (nSPS) is 10.5. The van der Waals surface area contributed by atoms with Crippen LogP contribution in [-0.4, -0.2) is 25.9 Å². The minimum Gasteiger partial charge on any atom is -0.406 e. The number of hydrogen-bond donors (Lipinski definition) is 2. The fraction of sp³-hybridized carbons (Fsp3) is 0.364. The average Bonchev–Trinajstić information content (AvgIpc) is 2.26. The maximum absolute atomic E-state index is 11.9. The van der Waals surface area contributed by atoms with E-state index in [4.69, 9.17) is 0 Å². The van der Waals surface area contributed by atoms with Crippen LogP contribution >= 0.6 is 12.4 Å². The minimum atomic E-state index is -4.69. The van der Waals surface area contributed by atoms with E-state index >= 15 is 0 Å². The number of halogens is 4. The highest BCUT2D eigenvalue weighted by atomic mass is 35.5. The van der Waals surface area contributed by atoms with E-state index in [0.29, 0.717) is 5.56 Å². The number of rotatable bonds is 5. The predicted molar refractivity (Wildman–Crippen MR) is 66.1 cm³/mol. The van der Waals surface area contributed by atoms with Crippen LogP contribution in [0.15, 0.2) is 24.3 Å². The molecule has 2 N–H and O–H groups in total. The van der Waals surface area contributed by atoms with Gasteiger partial charge in [-0.25, -0.2) is 0 Å². The number of amides is 1. The molecule has 0 atom stereocenters. The molecule has 108 valence electrons. The molecule has 0 unspecified atom stereocenters. The van der Waals surface area contributed by atoms with Crippen molar-refractivity contribution in [2.75, 3.05) is 13.6 Å². The van der Waals surface area contributed by atoms with Gasteiger partial charge in [0, 0.05) is 6.54 Å². The van der Waals surface area contributed by atoms with Crippen molar-refractivity contribution < 1.29 is 22.7 Å². The summed E-state index contributed by atoms with van der Waals surface area (Å²) in [5, 5.41) is 5.28. The molecule has 0 aliphatic rings. The van der Waals surface area contributed by atoms with Crippen LogP contribution in [-0.2, 0) is 11.3 Å². The summed E-state index contributed by atoms with van der Waals surface area (Å²) >= 11 is 0. The van der Waals surface area contributed by atoms with Gasteiger partial charge in [-0.3, -0.25) is 4.79 Å². The molecule has 0 heterocycles. The molecule has 4 nitrogen and oxygen atoms in total. The Morgan fingerprint density at radius 2 is 1.84 bits per heavy atom. The summed E-state index contributed by atoms with van der Waals surface area (Å²) in [6, 6.07) is 5.32. The van der Waals surface area contributed by atoms with Crippen LogP contribution in [0, 0.1) is 0 Å². The smallest absolute Gasteiger partial charge is 0.406 e. The topological polar surface area (TPSA) is 50.4 Å². The SMILES string of the molecule is CNCC(=O)NCc1ccc(OC(F)(F)F)cc1.Cl. The van der Waals surface area contributed by atoms with Crippen molar-refractivity contribution in [2.24, 2.45) is 0 Å². The van der Waals surface area contributed by atoms with Crippen molar-refractivity contribution in [3.05, 3.63) is 29.8 Å². The van der Waals surface area contributed by atoms with Gasteiger partial charge in [-0.1, -0.05) is 12.1 Å². The lowest BCUT2D eigenvalue weighted by molar-refractivity contribution is -0.274. The van der Waals surface area contributed by atoms with Gasteiger partial charge < -0.3 is 15.4 Å². The maximum atomic E-state index is 11.9. The van der Waals surface area contributed by atoms with Gasteiger partial charge in [0.05, 0.1) is 6.54 Å². The van der Waals surface area contributed by atoms with Crippen molar-refractivity contribution >= 4 is 18.3 Å². The number of likely N-dealkylation sites (N-methyl/N-ethyl adjacent to an activating group) is 1. The van der Waals surface area contributed by atoms with Gasteiger partial charge in [-0.05, 0) is 24.7 Å². The Balaban J connectivity index is 0.00000324. The fourth-order valence-electron chi connectivity index (χ4n) is 1.23. The first-order chi connectivity index (χ1) is 8.40. The highest BCUT2D eigenvalue weighted by molar-refractivity contribution is 5.85. The zero-order valence-electron chi connectivity index (χ0n) is 10.1. The molecule has 0 spiro atoms. The van der Waals surface area contributed by atoms with Crippen molar-refractivity contribution in [3.63, 3.8) is 0 Å². The third-order valence-corrected chi connectivity index (χ3v) is 1.98. The summed E-state index contributed by atoms with van der Waals surface area (Å²) < 4.78 is 39.4. The molecule has 19 heavy (non-hydrogen) atoms. The third kappa shape index (κ3) is 7.53. The first-order valence-corrected chi connectivity index (χ1v) is 5.16. The maximum Gasteiger partial charge on any atom is 0.573 e. The molecule has 8 heteroatoms. The number of carbonyl (C=O) groups is 1. The molecular formula is C11H14ClF3N2O2. The van der Waals surface area contributed by atoms with E-state index in [0.717, 1.165) is 0 Å². The number of carbonyl (C=O) groups excluding carboxylic acids is 1. The zero-order chi connectivity index (χ0) is 13.6. The van der Waals surface area contributed by atoms with Crippen LogP contribution < -0.4 is 15.4 Å². The largest absolute Gasteiger partial charge is 0.573 e. The number of hydrogen-bond acceptors (Lipinski definition) is 3. The molecule has 0 saturated carbocycles. The summed E-state index contributed by atoms with van der Waals surface area (Å²) in [6.45, 7) is 0.447. The highest BCUT2D eigenvalue weighted by Crippen LogP contribution is 2.22. The molecule has 0 aromatic heterocycles. The van der Waals surface area contributed by atoms with Crippen LogP contribution in [0.25, 0.3) is 0 Å². The first-order valence-electron chi connectivity index (χ1n) is 5.16. The van der Waals surface area contributed by atoms with Gasteiger partial charge in [0.1, 0.15) is 5.75 Å². The van der Waals surface area contributed by atoms with Crippen LogP contribution in [0.5, 0.6) is 5.75 Å². The summed E-state index contributed by atoms with van der Waals surface area (Å²) in [4.78, 5) is 11.1. The van der Waals surface area contributed by atoms with Crippen molar-refractivity contribution in [2.45, 2.75) is 12.9 Å². The number of benzene rings is 1. The average molecular weight is 299 g/mol. The highest BCUT2D eigenvalue weighted by Gasteiger charge is 2.30. The standard InChI is InChI=1S/C11H13F3N2O2.ClH/c1-15-7-10(17)16-6-8-2-4-9(5-3-8)18-11(12,13)14;/h2-5,15H,6-7H2,1H3,(H,16,17);1H. The molecule has 0 aliphatic heterocycles. The number of ether oxygens (including phenoxy) is 1. The molecule has 0 bridgehead atoms. The molecule has 0 fully saturated rings. The Bertz CT molecular complexity index is 396. The van der Waals surface area contributed by atoms with Crippen molar-refractivity contribution in [3.8, 4) is 5.75 Å². The second-order valence-corrected chi connectivity index (χ2v) is 3.50.